The zero-order chi connectivity index (χ0) is 21.3. The molecule has 152 valence electrons. The minimum atomic E-state index is -0.644. The molecular weight excluding hydrogens is 374 g/mol. The van der Waals surface area contributed by atoms with Crippen LogP contribution in [0.5, 0.6) is 0 Å². The second kappa shape index (κ2) is 10.2. The molecule has 0 fully saturated rings. The molecule has 0 radical (unpaired) electrons. The number of amides is 1. The molecule has 0 aliphatic heterocycles. The lowest BCUT2D eigenvalue weighted by Gasteiger charge is -2.15. The Morgan fingerprint density at radius 1 is 1.07 bits per heavy atom. The van der Waals surface area contributed by atoms with Crippen LogP contribution in [0.4, 0.5) is 0 Å². The van der Waals surface area contributed by atoms with Crippen molar-refractivity contribution in [2.24, 2.45) is 5.73 Å². The first kappa shape index (κ1) is 21.0. The van der Waals surface area contributed by atoms with Crippen LogP contribution in [0.3, 0.4) is 0 Å². The Morgan fingerprint density at radius 3 is 2.43 bits per heavy atom. The highest BCUT2D eigenvalue weighted by atomic mass is 16.2. The molecule has 1 unspecified atom stereocenters. The van der Waals surface area contributed by atoms with Crippen LogP contribution in [0, 0.1) is 5.41 Å². The molecule has 5 heteroatoms. The maximum absolute atomic E-state index is 12.9. The zero-order valence-electron chi connectivity index (χ0n) is 16.7. The number of rotatable bonds is 8. The molecule has 5 nitrogen and oxygen atoms in total. The number of hydrogen-bond acceptors (Lipinski definition) is 4. The van der Waals surface area contributed by atoms with Gasteiger partial charge < -0.3 is 21.3 Å². The second-order valence-electron chi connectivity index (χ2n) is 7.10. The summed E-state index contributed by atoms with van der Waals surface area (Å²) in [5.74, 6) is -0.377. The van der Waals surface area contributed by atoms with Gasteiger partial charge in [0.1, 0.15) is 6.29 Å². The third-order valence-corrected chi connectivity index (χ3v) is 4.87. The first-order valence-corrected chi connectivity index (χ1v) is 9.90. The summed E-state index contributed by atoms with van der Waals surface area (Å²) < 4.78 is 0. The summed E-state index contributed by atoms with van der Waals surface area (Å²) in [6, 6.07) is 15.8. The monoisotopic (exact) mass is 399 g/mol. The van der Waals surface area contributed by atoms with E-state index in [1.807, 2.05) is 48.6 Å². The molecule has 0 saturated heterocycles. The maximum Gasteiger partial charge on any atom is 0.252 e. The van der Waals surface area contributed by atoms with Gasteiger partial charge in [0.25, 0.3) is 5.91 Å². The third-order valence-electron chi connectivity index (χ3n) is 4.87. The van der Waals surface area contributed by atoms with E-state index in [2.05, 4.69) is 5.32 Å². The first-order chi connectivity index (χ1) is 14.6. The van der Waals surface area contributed by atoms with E-state index in [1.165, 1.54) is 0 Å². The number of allylic oxidation sites excluding steroid dienone is 5. The van der Waals surface area contributed by atoms with Crippen LogP contribution in [0.25, 0.3) is 5.70 Å². The fraction of sp³-hybridized carbons (Fsp3) is 0.160. The number of nitrogens with two attached hydrogens (primary N) is 1. The van der Waals surface area contributed by atoms with Crippen molar-refractivity contribution in [3.63, 3.8) is 0 Å². The van der Waals surface area contributed by atoms with Crippen molar-refractivity contribution in [2.45, 2.75) is 25.3 Å². The number of hydrogen-bond donors (Lipinski definition) is 3. The summed E-state index contributed by atoms with van der Waals surface area (Å²) in [5.41, 5.74) is 9.55. The summed E-state index contributed by atoms with van der Waals surface area (Å²) in [7, 11) is 0. The Labute approximate surface area is 176 Å². The molecule has 30 heavy (non-hydrogen) atoms. The fourth-order valence-electron chi connectivity index (χ4n) is 3.31. The minimum Gasteiger partial charge on any atom is -0.398 e. The van der Waals surface area contributed by atoms with Gasteiger partial charge in [-0.1, -0.05) is 66.8 Å². The van der Waals surface area contributed by atoms with Crippen LogP contribution >= 0.6 is 0 Å². The van der Waals surface area contributed by atoms with E-state index in [1.54, 1.807) is 30.3 Å². The highest BCUT2D eigenvalue weighted by molar-refractivity contribution is 6.12. The molecule has 0 saturated carbocycles. The molecule has 0 aromatic heterocycles. The van der Waals surface area contributed by atoms with Crippen molar-refractivity contribution in [1.82, 2.24) is 5.32 Å². The Morgan fingerprint density at radius 2 is 1.77 bits per heavy atom. The van der Waals surface area contributed by atoms with Gasteiger partial charge in [-0.25, -0.2) is 0 Å². The summed E-state index contributed by atoms with van der Waals surface area (Å²) >= 11 is 0. The Bertz CT molecular complexity index is 1020. The zero-order valence-corrected chi connectivity index (χ0v) is 16.7. The van der Waals surface area contributed by atoms with Crippen molar-refractivity contribution < 1.29 is 9.59 Å². The second-order valence-corrected chi connectivity index (χ2v) is 7.10. The van der Waals surface area contributed by atoms with Gasteiger partial charge >= 0.3 is 0 Å². The van der Waals surface area contributed by atoms with Crippen molar-refractivity contribution >= 4 is 23.6 Å². The number of carbonyl (C=O) groups excluding carboxylic acids is 2. The van der Waals surface area contributed by atoms with Gasteiger partial charge in [0.2, 0.25) is 0 Å². The molecule has 1 aliphatic carbocycles. The number of aldehydes is 1. The molecule has 4 N–H and O–H groups in total. The van der Waals surface area contributed by atoms with Crippen LogP contribution < -0.4 is 11.1 Å². The number of benzene rings is 2. The smallest absolute Gasteiger partial charge is 0.252 e. The van der Waals surface area contributed by atoms with Crippen LogP contribution in [-0.2, 0) is 11.2 Å². The molecule has 0 spiro atoms. The van der Waals surface area contributed by atoms with Crippen molar-refractivity contribution in [3.05, 3.63) is 101 Å². The van der Waals surface area contributed by atoms with Gasteiger partial charge in [-0.15, -0.1) is 0 Å². The lowest BCUT2D eigenvalue weighted by molar-refractivity contribution is -0.109. The minimum absolute atomic E-state index is 0.300. The third kappa shape index (κ3) is 5.41. The molecule has 2 aromatic carbocycles. The molecule has 3 rings (SSSR count). The predicted molar refractivity (Wildman–Crippen MR) is 120 cm³/mol. The quantitative estimate of drug-likeness (QED) is 0.465. The summed E-state index contributed by atoms with van der Waals surface area (Å²) in [6.07, 6.45) is 10.5. The number of carbonyl (C=O) groups is 2. The average molecular weight is 399 g/mol. The Hall–Kier alpha value is -3.73. The van der Waals surface area contributed by atoms with E-state index < -0.39 is 6.04 Å². The SMILES string of the molecule is N=C(C=C(N)c1ccccc1C(=O)NC(C=O)Cc1ccccc1)C1=CCCC=C1. The van der Waals surface area contributed by atoms with E-state index in [-0.39, 0.29) is 5.91 Å². The summed E-state index contributed by atoms with van der Waals surface area (Å²) in [4.78, 5) is 24.4. The lowest BCUT2D eigenvalue weighted by Crippen LogP contribution is -2.38. The molecule has 1 atom stereocenters. The fourth-order valence-corrected chi connectivity index (χ4v) is 3.31. The topological polar surface area (TPSA) is 96.0 Å². The molecule has 1 amide bonds. The molecule has 1 aliphatic rings. The largest absolute Gasteiger partial charge is 0.398 e. The maximum atomic E-state index is 12.9. The highest BCUT2D eigenvalue weighted by Gasteiger charge is 2.17. The van der Waals surface area contributed by atoms with Gasteiger partial charge in [0, 0.05) is 16.8 Å². The Balaban J connectivity index is 1.78. The lowest BCUT2D eigenvalue weighted by atomic mass is 9.98. The highest BCUT2D eigenvalue weighted by Crippen LogP contribution is 2.18. The van der Waals surface area contributed by atoms with Crippen molar-refractivity contribution in [1.29, 1.82) is 5.41 Å². The number of nitrogens with one attached hydrogen (secondary N) is 2. The van der Waals surface area contributed by atoms with Crippen LogP contribution in [-0.4, -0.2) is 23.9 Å². The van der Waals surface area contributed by atoms with Gasteiger partial charge in [-0.3, -0.25) is 4.79 Å². The van der Waals surface area contributed by atoms with Crippen LogP contribution in [0.15, 0.2) is 84.5 Å². The molecular formula is C25H25N3O2. The van der Waals surface area contributed by atoms with E-state index in [0.717, 1.165) is 30.3 Å². The van der Waals surface area contributed by atoms with E-state index in [9.17, 15) is 9.59 Å². The van der Waals surface area contributed by atoms with Crippen LogP contribution in [0.2, 0.25) is 0 Å². The van der Waals surface area contributed by atoms with Crippen molar-refractivity contribution in [2.75, 3.05) is 0 Å². The summed E-state index contributed by atoms with van der Waals surface area (Å²) in [6.45, 7) is 0. The molecule has 0 bridgehead atoms. The predicted octanol–water partition coefficient (Wildman–Crippen LogP) is 3.82. The van der Waals surface area contributed by atoms with Crippen LogP contribution in [0.1, 0.15) is 34.3 Å². The van der Waals surface area contributed by atoms with E-state index in [4.69, 9.17) is 11.1 Å². The van der Waals surface area contributed by atoms with Gasteiger partial charge in [-0.05, 0) is 42.5 Å². The summed E-state index contributed by atoms with van der Waals surface area (Å²) in [5, 5.41) is 11.1. The normalized spacial score (nSPS) is 14.5. The average Bonchev–Trinajstić information content (AvgIpc) is 2.79. The van der Waals surface area contributed by atoms with Gasteiger partial charge in [0.15, 0.2) is 0 Å². The van der Waals surface area contributed by atoms with E-state index >= 15 is 0 Å². The standard InChI is InChI=1S/C25H25N3O2/c26-23(19-11-5-2-6-12-19)16-24(27)21-13-7-8-14-22(21)25(30)28-20(17-29)15-18-9-3-1-4-10-18/h1,3-5,7-14,16-17,20,26H,2,6,15,27H2,(H,28,30). The van der Waals surface area contributed by atoms with Gasteiger partial charge in [-0.2, -0.15) is 0 Å². The van der Waals surface area contributed by atoms with E-state index in [0.29, 0.717) is 29.0 Å². The molecule has 2 aromatic rings. The Kier molecular flexibility index (Phi) is 7.11. The van der Waals surface area contributed by atoms with Crippen molar-refractivity contribution in [3.8, 4) is 0 Å². The molecule has 0 heterocycles. The van der Waals surface area contributed by atoms with Gasteiger partial charge in [0.05, 0.1) is 11.8 Å². The first-order valence-electron chi connectivity index (χ1n) is 9.90.